The first-order valence-electron chi connectivity index (χ1n) is 5.02. The first kappa shape index (κ1) is 14.3. The molecule has 0 aromatic rings. The van der Waals surface area contributed by atoms with Crippen LogP contribution in [-0.2, 0) is 9.13 Å². The number of hydrogen-bond acceptors (Lipinski definition) is 3. The minimum Gasteiger partial charge on any atom is -0.324 e. The Labute approximate surface area is 93.6 Å². The maximum atomic E-state index is 11.0. The minimum absolute atomic E-state index is 0.0843. The lowest BCUT2D eigenvalue weighted by Crippen LogP contribution is -2.31. The quantitative estimate of drug-likeness (QED) is 0.458. The smallest absolute Gasteiger partial charge is 0.324 e. The van der Waals surface area contributed by atoms with Crippen LogP contribution in [0.25, 0.3) is 0 Å². The van der Waals surface area contributed by atoms with Crippen LogP contribution < -0.4 is 5.32 Å². The molecule has 0 spiro atoms. The zero-order valence-corrected chi connectivity index (χ0v) is 10.5. The van der Waals surface area contributed by atoms with Crippen LogP contribution >= 0.6 is 15.2 Å². The van der Waals surface area contributed by atoms with E-state index in [1.54, 1.807) is 0 Å². The van der Waals surface area contributed by atoms with Crippen LogP contribution in [0.15, 0.2) is 0 Å². The van der Waals surface area contributed by atoms with E-state index >= 15 is 0 Å². The van der Waals surface area contributed by atoms with Gasteiger partial charge in [-0.15, -0.1) is 0 Å². The third kappa shape index (κ3) is 4.26. The van der Waals surface area contributed by atoms with E-state index in [9.17, 15) is 9.13 Å². The van der Waals surface area contributed by atoms with Gasteiger partial charge in [0.05, 0.1) is 0 Å². The average molecular weight is 273 g/mol. The molecule has 1 heterocycles. The van der Waals surface area contributed by atoms with E-state index in [2.05, 4.69) is 5.32 Å². The summed E-state index contributed by atoms with van der Waals surface area (Å²) in [5, 5.41) is 1.18. The van der Waals surface area contributed by atoms with Crippen molar-refractivity contribution < 1.29 is 28.7 Å². The van der Waals surface area contributed by atoms with Crippen molar-refractivity contribution in [3.63, 3.8) is 0 Å². The van der Waals surface area contributed by atoms with E-state index in [4.69, 9.17) is 19.6 Å². The molecule has 16 heavy (non-hydrogen) atoms. The molecule has 1 fully saturated rings. The molecular weight excluding hydrogens is 256 g/mol. The van der Waals surface area contributed by atoms with Crippen molar-refractivity contribution in [1.29, 1.82) is 0 Å². The molecule has 0 saturated carbocycles. The predicted molar refractivity (Wildman–Crippen MR) is 58.1 cm³/mol. The summed E-state index contributed by atoms with van der Waals surface area (Å²) in [7, 11) is -9.51. The highest BCUT2D eigenvalue weighted by atomic mass is 31.2. The van der Waals surface area contributed by atoms with Crippen molar-refractivity contribution in [3.8, 4) is 0 Å². The van der Waals surface area contributed by atoms with Gasteiger partial charge in [0.15, 0.2) is 5.40 Å². The van der Waals surface area contributed by atoms with E-state index < -0.39 is 20.6 Å². The van der Waals surface area contributed by atoms with Crippen LogP contribution in [0.2, 0.25) is 0 Å². The van der Waals surface area contributed by atoms with Crippen LogP contribution in [-0.4, -0.2) is 38.1 Å². The maximum absolute atomic E-state index is 11.0. The van der Waals surface area contributed by atoms with Crippen molar-refractivity contribution in [2.24, 2.45) is 5.92 Å². The summed E-state index contributed by atoms with van der Waals surface area (Å²) >= 11 is 0. The van der Waals surface area contributed by atoms with Crippen LogP contribution in [0.5, 0.6) is 0 Å². The summed E-state index contributed by atoms with van der Waals surface area (Å²) in [5.74, 6) is -0.0843. The highest BCUT2D eigenvalue weighted by Crippen LogP contribution is 2.62. The van der Waals surface area contributed by atoms with Gasteiger partial charge in [0.1, 0.15) is 0 Å². The fraction of sp³-hybridized carbons (Fsp3) is 1.00. The van der Waals surface area contributed by atoms with E-state index in [1.165, 1.54) is 0 Å². The molecule has 1 aliphatic rings. The van der Waals surface area contributed by atoms with Gasteiger partial charge in [0.2, 0.25) is 0 Å². The third-order valence-electron chi connectivity index (χ3n) is 2.72. The molecule has 0 bridgehead atoms. The summed E-state index contributed by atoms with van der Waals surface area (Å²) in [5.41, 5.74) is 0. The van der Waals surface area contributed by atoms with Crippen molar-refractivity contribution in [3.05, 3.63) is 0 Å². The van der Waals surface area contributed by atoms with Crippen molar-refractivity contribution in [2.75, 3.05) is 13.1 Å². The largest absolute Gasteiger partial charge is 0.340 e. The van der Waals surface area contributed by atoms with E-state index in [1.807, 2.05) is 0 Å². The standard InChI is InChI=1S/C7H17NO6P2/c9-15(10,11)7(16(12,13)14)4-6-2-1-3-8-5-6/h6-8H,1-5H2,(H2,9,10,11)(H2,12,13,14). The molecule has 1 saturated heterocycles. The molecule has 9 heteroatoms. The van der Waals surface area contributed by atoms with Gasteiger partial charge in [-0.3, -0.25) is 9.13 Å². The zero-order chi connectivity index (χ0) is 12.4. The molecule has 0 radical (unpaired) electrons. The number of hydrogen-bond donors (Lipinski definition) is 5. The Balaban J connectivity index is 2.71. The fourth-order valence-corrected chi connectivity index (χ4v) is 4.61. The lowest BCUT2D eigenvalue weighted by molar-refractivity contribution is 0.306. The van der Waals surface area contributed by atoms with Crippen molar-refractivity contribution in [2.45, 2.75) is 24.7 Å². The van der Waals surface area contributed by atoms with Gasteiger partial charge in [-0.2, -0.15) is 0 Å². The number of rotatable bonds is 4. The van der Waals surface area contributed by atoms with Gasteiger partial charge >= 0.3 is 15.2 Å². The Morgan fingerprint density at radius 3 is 2.12 bits per heavy atom. The molecule has 0 aromatic carbocycles. The molecule has 1 aliphatic heterocycles. The van der Waals surface area contributed by atoms with E-state index in [0.717, 1.165) is 19.4 Å². The van der Waals surface area contributed by atoms with Crippen LogP contribution in [0.3, 0.4) is 0 Å². The predicted octanol–water partition coefficient (Wildman–Crippen LogP) is 0.0576. The van der Waals surface area contributed by atoms with Gasteiger partial charge in [-0.25, -0.2) is 0 Å². The molecule has 1 rings (SSSR count). The molecule has 7 nitrogen and oxygen atoms in total. The zero-order valence-electron chi connectivity index (χ0n) is 8.69. The lowest BCUT2D eigenvalue weighted by atomic mass is 9.97. The highest BCUT2D eigenvalue weighted by molar-refractivity contribution is 7.70. The summed E-state index contributed by atoms with van der Waals surface area (Å²) in [6.07, 6.45) is 1.46. The Kier molecular flexibility index (Phi) is 4.72. The van der Waals surface area contributed by atoms with E-state index in [-0.39, 0.29) is 12.3 Å². The van der Waals surface area contributed by atoms with Crippen LogP contribution in [0.4, 0.5) is 0 Å². The summed E-state index contributed by atoms with van der Waals surface area (Å²) in [6, 6.07) is 0. The van der Waals surface area contributed by atoms with Gasteiger partial charge in [-0.1, -0.05) is 0 Å². The second-order valence-corrected chi connectivity index (χ2v) is 8.12. The number of piperidine rings is 1. The van der Waals surface area contributed by atoms with Gasteiger partial charge in [-0.05, 0) is 38.3 Å². The molecular formula is C7H17NO6P2. The van der Waals surface area contributed by atoms with Crippen molar-refractivity contribution in [1.82, 2.24) is 5.32 Å². The molecule has 96 valence electrons. The Morgan fingerprint density at radius 2 is 1.75 bits per heavy atom. The summed E-state index contributed by atoms with van der Waals surface area (Å²) < 4.78 is 22.1. The molecule has 0 amide bonds. The van der Waals surface area contributed by atoms with Crippen LogP contribution in [0, 0.1) is 5.92 Å². The minimum atomic E-state index is -4.75. The molecule has 0 aromatic heterocycles. The van der Waals surface area contributed by atoms with Crippen LogP contribution in [0.1, 0.15) is 19.3 Å². The van der Waals surface area contributed by atoms with Gasteiger partial charge in [0.25, 0.3) is 0 Å². The molecule has 5 N–H and O–H groups in total. The first-order valence-corrected chi connectivity index (χ1v) is 8.38. The topological polar surface area (TPSA) is 127 Å². The van der Waals surface area contributed by atoms with Gasteiger partial charge in [0, 0.05) is 0 Å². The molecule has 0 aliphatic carbocycles. The first-order chi connectivity index (χ1) is 7.21. The maximum Gasteiger partial charge on any atom is 0.340 e. The molecule has 1 unspecified atom stereocenters. The van der Waals surface area contributed by atoms with Gasteiger partial charge < -0.3 is 24.9 Å². The number of nitrogens with one attached hydrogen (secondary N) is 1. The third-order valence-corrected chi connectivity index (χ3v) is 6.50. The highest BCUT2D eigenvalue weighted by Gasteiger charge is 2.44. The Bertz CT molecular complexity index is 295. The fourth-order valence-electron chi connectivity index (χ4n) is 1.89. The second kappa shape index (κ2) is 5.27. The second-order valence-electron chi connectivity index (χ2n) is 4.11. The Morgan fingerprint density at radius 1 is 1.19 bits per heavy atom. The SMILES string of the molecule is O=P(O)(O)C(CC1CCCNC1)P(=O)(O)O. The monoisotopic (exact) mass is 273 g/mol. The lowest BCUT2D eigenvalue weighted by Gasteiger charge is -2.27. The Hall–Kier alpha value is 0.260. The normalized spacial score (nSPS) is 23.7. The summed E-state index contributed by atoms with van der Waals surface area (Å²) in [6.45, 7) is 1.39. The van der Waals surface area contributed by atoms with Crippen molar-refractivity contribution >= 4 is 15.2 Å². The summed E-state index contributed by atoms with van der Waals surface area (Å²) in [4.78, 5) is 35.8. The average Bonchev–Trinajstić information content (AvgIpc) is 2.12. The van der Waals surface area contributed by atoms with E-state index in [0.29, 0.717) is 6.54 Å². The molecule has 1 atom stereocenters.